The maximum atomic E-state index is 12.4. The molecule has 1 atom stereocenters. The first-order valence-corrected chi connectivity index (χ1v) is 4.83. The van der Waals surface area contributed by atoms with E-state index in [1.54, 1.807) is 0 Å². The van der Waals surface area contributed by atoms with Gasteiger partial charge in [0.25, 0.3) is 5.91 Å². The number of likely N-dealkylation sites (N-methyl/N-ethyl adjacent to an activating group) is 1. The highest BCUT2D eigenvalue weighted by Crippen LogP contribution is 2.29. The Hall–Kier alpha value is -1.31. The molecule has 100 valence electrons. The van der Waals surface area contributed by atoms with Crippen molar-refractivity contribution in [3.63, 3.8) is 0 Å². The van der Waals surface area contributed by atoms with Crippen molar-refractivity contribution < 1.29 is 27.9 Å². The lowest BCUT2D eigenvalue weighted by molar-refractivity contribution is -0.193. The van der Waals surface area contributed by atoms with Gasteiger partial charge in [0.15, 0.2) is 5.54 Å². The fourth-order valence-electron chi connectivity index (χ4n) is 1.09. The first-order valence-electron chi connectivity index (χ1n) is 4.83. The van der Waals surface area contributed by atoms with Crippen LogP contribution >= 0.6 is 0 Å². The zero-order valence-corrected chi connectivity index (χ0v) is 9.54. The molecular formula is C9H15F3N2O3. The quantitative estimate of drug-likeness (QED) is 0.754. The Kier molecular flexibility index (Phi) is 4.94. The monoisotopic (exact) mass is 256 g/mol. The number of carboxylic acid groups (broad SMARTS) is 1. The molecule has 0 spiro atoms. The number of alkyl halides is 3. The Labute approximate surface area is 96.4 Å². The molecule has 0 aromatic rings. The number of amides is 1. The van der Waals surface area contributed by atoms with Crippen LogP contribution < -0.4 is 5.73 Å². The van der Waals surface area contributed by atoms with Crippen LogP contribution in [0.1, 0.15) is 19.8 Å². The Morgan fingerprint density at radius 3 is 2.18 bits per heavy atom. The lowest BCUT2D eigenvalue weighted by Crippen LogP contribution is -2.61. The first kappa shape index (κ1) is 15.7. The van der Waals surface area contributed by atoms with E-state index < -0.39 is 23.6 Å². The highest BCUT2D eigenvalue weighted by atomic mass is 19.4. The Morgan fingerprint density at radius 2 is 1.82 bits per heavy atom. The lowest BCUT2D eigenvalue weighted by Gasteiger charge is -2.30. The van der Waals surface area contributed by atoms with Crippen molar-refractivity contribution in [2.75, 3.05) is 13.6 Å². The number of aliphatic carboxylic acids is 1. The van der Waals surface area contributed by atoms with E-state index >= 15 is 0 Å². The average Bonchev–Trinajstić information content (AvgIpc) is 2.13. The average molecular weight is 256 g/mol. The highest BCUT2D eigenvalue weighted by molar-refractivity contribution is 5.86. The third kappa shape index (κ3) is 4.22. The Bertz CT molecular complexity index is 302. The summed E-state index contributed by atoms with van der Waals surface area (Å²) < 4.78 is 37.3. The predicted molar refractivity (Wildman–Crippen MR) is 53.2 cm³/mol. The maximum absolute atomic E-state index is 12.4. The second-order valence-corrected chi connectivity index (χ2v) is 3.92. The number of halogens is 3. The lowest BCUT2D eigenvalue weighted by atomic mass is 10.0. The molecule has 0 aromatic carbocycles. The molecule has 1 amide bonds. The van der Waals surface area contributed by atoms with Gasteiger partial charge in [0.2, 0.25) is 0 Å². The smallest absolute Gasteiger partial charge is 0.415 e. The first-order chi connectivity index (χ1) is 7.50. The van der Waals surface area contributed by atoms with Crippen LogP contribution in [0.2, 0.25) is 0 Å². The van der Waals surface area contributed by atoms with E-state index in [-0.39, 0.29) is 19.4 Å². The van der Waals surface area contributed by atoms with Gasteiger partial charge in [0, 0.05) is 20.0 Å². The van der Waals surface area contributed by atoms with Crippen molar-refractivity contribution in [1.82, 2.24) is 4.90 Å². The van der Waals surface area contributed by atoms with Gasteiger partial charge < -0.3 is 15.7 Å². The fraction of sp³-hybridized carbons (Fsp3) is 0.778. The minimum absolute atomic E-state index is 0.0749. The summed E-state index contributed by atoms with van der Waals surface area (Å²) >= 11 is 0. The van der Waals surface area contributed by atoms with Gasteiger partial charge >= 0.3 is 12.1 Å². The van der Waals surface area contributed by atoms with Crippen molar-refractivity contribution in [2.24, 2.45) is 5.73 Å². The van der Waals surface area contributed by atoms with Crippen molar-refractivity contribution >= 4 is 11.9 Å². The van der Waals surface area contributed by atoms with Gasteiger partial charge in [-0.15, -0.1) is 0 Å². The number of nitrogens with zero attached hydrogens (tertiary/aromatic N) is 1. The van der Waals surface area contributed by atoms with E-state index in [0.29, 0.717) is 6.92 Å². The Balaban J connectivity index is 4.45. The van der Waals surface area contributed by atoms with Crippen molar-refractivity contribution in [3.8, 4) is 0 Å². The van der Waals surface area contributed by atoms with Gasteiger partial charge in [-0.25, -0.2) is 0 Å². The van der Waals surface area contributed by atoms with Crippen LogP contribution in [0.5, 0.6) is 0 Å². The molecule has 0 aliphatic rings. The van der Waals surface area contributed by atoms with Crippen LogP contribution in [0.25, 0.3) is 0 Å². The molecule has 3 N–H and O–H groups in total. The molecule has 0 aliphatic heterocycles. The van der Waals surface area contributed by atoms with E-state index in [0.717, 1.165) is 11.9 Å². The molecule has 1 unspecified atom stereocenters. The van der Waals surface area contributed by atoms with E-state index in [4.69, 9.17) is 10.8 Å². The van der Waals surface area contributed by atoms with Crippen LogP contribution in [0.3, 0.4) is 0 Å². The summed E-state index contributed by atoms with van der Waals surface area (Å²) in [6.07, 6.45) is -4.98. The van der Waals surface area contributed by atoms with Crippen LogP contribution in [0, 0.1) is 0 Å². The normalized spacial score (nSPS) is 15.2. The minimum atomic E-state index is -4.84. The molecular weight excluding hydrogens is 241 g/mol. The summed E-state index contributed by atoms with van der Waals surface area (Å²) in [6, 6.07) is 0. The van der Waals surface area contributed by atoms with E-state index in [1.807, 2.05) is 0 Å². The van der Waals surface area contributed by atoms with Crippen LogP contribution in [0.15, 0.2) is 0 Å². The molecule has 0 aromatic heterocycles. The summed E-state index contributed by atoms with van der Waals surface area (Å²) in [5.41, 5.74) is 1.98. The molecule has 17 heavy (non-hydrogen) atoms. The number of nitrogens with two attached hydrogens (primary N) is 1. The third-order valence-corrected chi connectivity index (χ3v) is 2.26. The predicted octanol–water partition coefficient (Wildman–Crippen LogP) is 0.589. The van der Waals surface area contributed by atoms with Gasteiger partial charge in [0.1, 0.15) is 0 Å². The summed E-state index contributed by atoms with van der Waals surface area (Å²) in [7, 11) is 1.15. The zero-order valence-electron chi connectivity index (χ0n) is 9.54. The van der Waals surface area contributed by atoms with Gasteiger partial charge in [-0.1, -0.05) is 0 Å². The zero-order chi connectivity index (χ0) is 13.9. The van der Waals surface area contributed by atoms with E-state index in [9.17, 15) is 22.8 Å². The number of hydrogen-bond acceptors (Lipinski definition) is 3. The molecule has 0 saturated carbocycles. The number of carbonyl (C=O) groups is 2. The minimum Gasteiger partial charge on any atom is -0.481 e. The van der Waals surface area contributed by atoms with Gasteiger partial charge in [0.05, 0.1) is 0 Å². The third-order valence-electron chi connectivity index (χ3n) is 2.26. The molecule has 8 heteroatoms. The molecule has 0 fully saturated rings. The maximum Gasteiger partial charge on any atom is 0.415 e. The number of hydrogen-bond donors (Lipinski definition) is 2. The van der Waals surface area contributed by atoms with Crippen LogP contribution in [-0.4, -0.2) is 47.2 Å². The van der Waals surface area contributed by atoms with E-state index in [1.165, 1.54) is 0 Å². The Morgan fingerprint density at radius 1 is 1.35 bits per heavy atom. The van der Waals surface area contributed by atoms with E-state index in [2.05, 4.69) is 0 Å². The van der Waals surface area contributed by atoms with Crippen molar-refractivity contribution in [1.29, 1.82) is 0 Å². The summed E-state index contributed by atoms with van der Waals surface area (Å²) in [5.74, 6) is -2.35. The molecule has 0 aliphatic carbocycles. The standard InChI is InChI=1S/C9H15F3N2O3/c1-8(13,9(10,11)12)7(17)14(2)5-3-4-6(15)16/h3-5,13H2,1-2H3,(H,15,16). The largest absolute Gasteiger partial charge is 0.481 e. The summed E-state index contributed by atoms with van der Waals surface area (Å²) in [4.78, 5) is 22.4. The molecule has 0 bridgehead atoms. The number of rotatable bonds is 5. The number of carboxylic acids is 1. The highest BCUT2D eigenvalue weighted by Gasteiger charge is 2.54. The fourth-order valence-corrected chi connectivity index (χ4v) is 1.09. The van der Waals surface area contributed by atoms with Crippen molar-refractivity contribution in [2.45, 2.75) is 31.5 Å². The number of carbonyl (C=O) groups excluding carboxylic acids is 1. The second-order valence-electron chi connectivity index (χ2n) is 3.92. The second kappa shape index (κ2) is 5.35. The summed E-state index contributed by atoms with van der Waals surface area (Å²) in [6.45, 7) is 0.497. The summed E-state index contributed by atoms with van der Waals surface area (Å²) in [5, 5.41) is 8.35. The molecule has 0 saturated heterocycles. The van der Waals surface area contributed by atoms with Gasteiger partial charge in [-0.3, -0.25) is 9.59 Å². The van der Waals surface area contributed by atoms with Gasteiger partial charge in [-0.05, 0) is 13.3 Å². The molecule has 5 nitrogen and oxygen atoms in total. The van der Waals surface area contributed by atoms with Crippen LogP contribution in [0.4, 0.5) is 13.2 Å². The molecule has 0 rings (SSSR count). The molecule has 0 radical (unpaired) electrons. The topological polar surface area (TPSA) is 83.6 Å². The van der Waals surface area contributed by atoms with Crippen LogP contribution in [-0.2, 0) is 9.59 Å². The SMILES string of the molecule is CN(CCCC(=O)O)C(=O)C(C)(N)C(F)(F)F. The molecule has 0 heterocycles. The van der Waals surface area contributed by atoms with Gasteiger partial charge in [-0.2, -0.15) is 13.2 Å². The van der Waals surface area contributed by atoms with Crippen molar-refractivity contribution in [3.05, 3.63) is 0 Å².